The van der Waals surface area contributed by atoms with E-state index in [0.29, 0.717) is 39.5 Å². The number of carbonyl (C=O) groups excluding carboxylic acids is 2. The van der Waals surface area contributed by atoms with Crippen molar-refractivity contribution in [2.45, 2.75) is 24.5 Å². The molecule has 0 aromatic carbocycles. The Bertz CT molecular complexity index is 164. The molecule has 0 amide bonds. The van der Waals surface area contributed by atoms with E-state index in [1.54, 1.807) is 0 Å². The van der Waals surface area contributed by atoms with Gasteiger partial charge in [0.1, 0.15) is 0 Å². The number of hydrogen-bond donors (Lipinski definition) is 0. The van der Waals surface area contributed by atoms with E-state index in [1.807, 2.05) is 0 Å². The molecule has 0 aliphatic heterocycles. The van der Waals surface area contributed by atoms with Gasteiger partial charge >= 0.3 is 95.0 Å². The first-order valence-electron chi connectivity index (χ1n) is 4.14. The predicted molar refractivity (Wildman–Crippen MR) is 54.4 cm³/mol. The quantitative estimate of drug-likeness (QED) is 0.382. The van der Waals surface area contributed by atoms with E-state index in [-0.39, 0.29) is 11.9 Å². The standard InChI is InChI=1S/C8H14O4Se2/c1-7(9)11-3-5-13-14-6-4-12-8(2)10/h3-6H2,1-2H3. The normalized spacial score (nSPS) is 9.57. The number of hydrogen-bond acceptors (Lipinski definition) is 4. The van der Waals surface area contributed by atoms with Crippen LogP contribution in [0.1, 0.15) is 13.8 Å². The average molecular weight is 332 g/mol. The summed E-state index contributed by atoms with van der Waals surface area (Å²) in [5, 5.41) is 1.93. The van der Waals surface area contributed by atoms with Gasteiger partial charge in [0.2, 0.25) is 0 Å². The topological polar surface area (TPSA) is 52.6 Å². The average Bonchev–Trinajstić information content (AvgIpc) is 2.08. The number of carbonyl (C=O) groups is 2. The molecule has 0 radical (unpaired) electrons. The van der Waals surface area contributed by atoms with Gasteiger partial charge in [-0.15, -0.1) is 0 Å². The summed E-state index contributed by atoms with van der Waals surface area (Å²) in [6.45, 7) is 3.90. The van der Waals surface area contributed by atoms with Crippen LogP contribution in [0, 0.1) is 0 Å². The molecule has 0 aromatic rings. The Morgan fingerprint density at radius 2 is 1.29 bits per heavy atom. The molecule has 0 aliphatic rings. The Labute approximate surface area is 95.0 Å². The van der Waals surface area contributed by atoms with Gasteiger partial charge in [0, 0.05) is 0 Å². The summed E-state index contributed by atoms with van der Waals surface area (Å²) < 4.78 is 9.58. The zero-order valence-corrected chi connectivity index (χ0v) is 11.7. The summed E-state index contributed by atoms with van der Waals surface area (Å²) in [5.74, 6) is -0.429. The van der Waals surface area contributed by atoms with Gasteiger partial charge in [-0.3, -0.25) is 0 Å². The van der Waals surface area contributed by atoms with Crippen LogP contribution in [0.3, 0.4) is 0 Å². The maximum atomic E-state index is 10.4. The Balaban J connectivity index is 2.99. The third kappa shape index (κ3) is 12.0. The molecule has 0 aromatic heterocycles. The van der Waals surface area contributed by atoms with Crippen molar-refractivity contribution < 1.29 is 19.1 Å². The molecule has 0 unspecified atom stereocenters. The molecular formula is C8H14O4Se2. The van der Waals surface area contributed by atoms with Crippen molar-refractivity contribution in [1.82, 2.24) is 0 Å². The third-order valence-corrected chi connectivity index (χ3v) is 8.23. The fourth-order valence-electron chi connectivity index (χ4n) is 0.557. The van der Waals surface area contributed by atoms with Crippen molar-refractivity contribution in [1.29, 1.82) is 0 Å². The Morgan fingerprint density at radius 3 is 1.57 bits per heavy atom. The molecule has 0 saturated carbocycles. The van der Waals surface area contributed by atoms with E-state index >= 15 is 0 Å². The van der Waals surface area contributed by atoms with Crippen LogP contribution in [-0.4, -0.2) is 51.4 Å². The molecule has 0 heterocycles. The SMILES string of the molecule is CC(=O)OCC[Se][Se]CCOC(C)=O. The van der Waals surface area contributed by atoms with Gasteiger partial charge < -0.3 is 0 Å². The number of rotatable bonds is 7. The fraction of sp³-hybridized carbons (Fsp3) is 0.750. The van der Waals surface area contributed by atoms with E-state index in [0.717, 1.165) is 10.6 Å². The van der Waals surface area contributed by atoms with Crippen molar-refractivity contribution in [3.63, 3.8) is 0 Å². The fourth-order valence-corrected chi connectivity index (χ4v) is 5.74. The molecule has 0 spiro atoms. The van der Waals surface area contributed by atoms with Crippen LogP contribution in [0.5, 0.6) is 0 Å². The summed E-state index contributed by atoms with van der Waals surface area (Å²) in [4.78, 5) is 20.8. The van der Waals surface area contributed by atoms with Gasteiger partial charge in [0.25, 0.3) is 0 Å². The third-order valence-electron chi connectivity index (χ3n) is 1.03. The summed E-state index contributed by atoms with van der Waals surface area (Å²) >= 11 is 1.09. The van der Waals surface area contributed by atoms with Crippen molar-refractivity contribution in [2.75, 3.05) is 13.2 Å². The second kappa shape index (κ2) is 9.53. The van der Waals surface area contributed by atoms with Crippen LogP contribution in [0.15, 0.2) is 0 Å². The first kappa shape index (κ1) is 14.0. The summed E-state index contributed by atoms with van der Waals surface area (Å²) in [6, 6.07) is 0. The Kier molecular flexibility index (Phi) is 9.52. The van der Waals surface area contributed by atoms with Crippen LogP contribution in [-0.2, 0) is 19.1 Å². The van der Waals surface area contributed by atoms with Crippen LogP contribution in [0.2, 0.25) is 10.6 Å². The number of ether oxygens (including phenoxy) is 2. The molecule has 82 valence electrons. The number of esters is 2. The van der Waals surface area contributed by atoms with Crippen molar-refractivity contribution in [2.24, 2.45) is 0 Å². The van der Waals surface area contributed by atoms with E-state index in [9.17, 15) is 9.59 Å². The first-order valence-corrected chi connectivity index (χ1v) is 10.9. The molecular weight excluding hydrogens is 318 g/mol. The zero-order chi connectivity index (χ0) is 10.8. The van der Waals surface area contributed by atoms with Crippen molar-refractivity contribution in [3.05, 3.63) is 0 Å². The molecule has 14 heavy (non-hydrogen) atoms. The monoisotopic (exact) mass is 334 g/mol. The van der Waals surface area contributed by atoms with E-state index < -0.39 is 0 Å². The van der Waals surface area contributed by atoms with E-state index in [2.05, 4.69) is 0 Å². The van der Waals surface area contributed by atoms with Gasteiger partial charge in [-0.1, -0.05) is 0 Å². The second-order valence-electron chi connectivity index (χ2n) is 2.32. The molecule has 0 saturated heterocycles. The first-order chi connectivity index (χ1) is 6.63. The van der Waals surface area contributed by atoms with Crippen molar-refractivity contribution >= 4 is 38.2 Å². The van der Waals surface area contributed by atoms with Crippen molar-refractivity contribution in [3.8, 4) is 0 Å². The van der Waals surface area contributed by atoms with Crippen LogP contribution in [0.25, 0.3) is 0 Å². The molecule has 0 N–H and O–H groups in total. The maximum absolute atomic E-state index is 10.4. The molecule has 0 fully saturated rings. The summed E-state index contributed by atoms with van der Waals surface area (Å²) in [7, 11) is 0. The molecule has 0 bridgehead atoms. The molecule has 4 nitrogen and oxygen atoms in total. The molecule has 0 aliphatic carbocycles. The zero-order valence-electron chi connectivity index (χ0n) is 8.28. The van der Waals surface area contributed by atoms with Gasteiger partial charge in [-0.25, -0.2) is 0 Å². The predicted octanol–water partition coefficient (Wildman–Crippen LogP) is 0.273. The second-order valence-corrected chi connectivity index (χ2v) is 10.2. The van der Waals surface area contributed by atoms with Crippen LogP contribution in [0.4, 0.5) is 0 Å². The molecule has 6 heteroatoms. The minimum absolute atomic E-state index is 0.215. The van der Waals surface area contributed by atoms with Gasteiger partial charge in [0.05, 0.1) is 0 Å². The van der Waals surface area contributed by atoms with Crippen LogP contribution < -0.4 is 0 Å². The van der Waals surface area contributed by atoms with E-state index in [4.69, 9.17) is 9.47 Å². The molecule has 0 rings (SSSR count). The summed E-state index contributed by atoms with van der Waals surface area (Å²) in [6.07, 6.45) is 0. The van der Waals surface area contributed by atoms with E-state index in [1.165, 1.54) is 13.8 Å². The summed E-state index contributed by atoms with van der Waals surface area (Å²) in [5.41, 5.74) is 0. The van der Waals surface area contributed by atoms with Gasteiger partial charge in [-0.05, 0) is 0 Å². The molecule has 0 atom stereocenters. The minimum atomic E-state index is -0.215. The van der Waals surface area contributed by atoms with Crippen LogP contribution >= 0.6 is 0 Å². The Morgan fingerprint density at radius 1 is 0.929 bits per heavy atom. The van der Waals surface area contributed by atoms with Gasteiger partial charge in [-0.2, -0.15) is 0 Å². The Hall–Kier alpha value is -0.0210. The van der Waals surface area contributed by atoms with Gasteiger partial charge in [0.15, 0.2) is 0 Å².